The number of nitrogens with two attached hydrogens (primary N) is 1. The average Bonchev–Trinajstić information content (AvgIpc) is 2.69. The van der Waals surface area contributed by atoms with Gasteiger partial charge in [0.15, 0.2) is 0 Å². The number of carbonyl (C=O) groups is 1. The van der Waals surface area contributed by atoms with E-state index in [1.165, 1.54) is 12.8 Å². The van der Waals surface area contributed by atoms with Crippen molar-refractivity contribution in [3.63, 3.8) is 0 Å². The van der Waals surface area contributed by atoms with Crippen molar-refractivity contribution in [2.24, 2.45) is 5.73 Å². The lowest BCUT2D eigenvalue weighted by Crippen LogP contribution is -2.44. The van der Waals surface area contributed by atoms with E-state index in [1.54, 1.807) is 0 Å². The van der Waals surface area contributed by atoms with Gasteiger partial charge in [0.2, 0.25) is 5.91 Å². The van der Waals surface area contributed by atoms with Crippen molar-refractivity contribution in [3.05, 3.63) is 0 Å². The van der Waals surface area contributed by atoms with E-state index in [9.17, 15) is 4.79 Å². The fourth-order valence-electron chi connectivity index (χ4n) is 2.43. The van der Waals surface area contributed by atoms with Crippen LogP contribution in [-0.4, -0.2) is 55.0 Å². The van der Waals surface area contributed by atoms with Crippen LogP contribution in [0.15, 0.2) is 0 Å². The Balaban J connectivity index is 0.00000289. The molecule has 1 amide bonds. The summed E-state index contributed by atoms with van der Waals surface area (Å²) in [5.41, 5.74) is 5.73. The maximum atomic E-state index is 12.2. The Kier molecular flexibility index (Phi) is 8.57. The Bertz CT molecular complexity index is 240. The molecule has 1 fully saturated rings. The monoisotopic (exact) mass is 277 g/mol. The van der Waals surface area contributed by atoms with Gasteiger partial charge in [0.1, 0.15) is 0 Å². The lowest BCUT2D eigenvalue weighted by atomic mass is 10.1. The summed E-state index contributed by atoms with van der Waals surface area (Å²) in [6.45, 7) is 3.67. The van der Waals surface area contributed by atoms with Gasteiger partial charge in [-0.25, -0.2) is 0 Å². The molecule has 108 valence electrons. The molecule has 1 aliphatic rings. The molecule has 18 heavy (non-hydrogen) atoms. The molecule has 1 atom stereocenters. The molecule has 0 heterocycles. The van der Waals surface area contributed by atoms with E-state index in [0.717, 1.165) is 25.9 Å². The molecular formula is C13H28ClN3O. The molecule has 1 saturated carbocycles. The van der Waals surface area contributed by atoms with Gasteiger partial charge >= 0.3 is 0 Å². The number of rotatable bonds is 6. The van der Waals surface area contributed by atoms with Gasteiger partial charge in [0.05, 0.1) is 0 Å². The largest absolute Gasteiger partial charge is 0.338 e. The van der Waals surface area contributed by atoms with Gasteiger partial charge in [0, 0.05) is 31.6 Å². The van der Waals surface area contributed by atoms with Crippen molar-refractivity contribution in [2.45, 2.75) is 51.1 Å². The molecule has 1 rings (SSSR count). The Morgan fingerprint density at radius 2 is 1.83 bits per heavy atom. The molecule has 2 N–H and O–H groups in total. The van der Waals surface area contributed by atoms with E-state index >= 15 is 0 Å². The first kappa shape index (κ1) is 17.7. The predicted octanol–water partition coefficient (Wildman–Crippen LogP) is 1.48. The van der Waals surface area contributed by atoms with Gasteiger partial charge in [-0.3, -0.25) is 4.79 Å². The first-order valence-corrected chi connectivity index (χ1v) is 6.70. The number of carbonyl (C=O) groups excluding carboxylic acids is 1. The number of nitrogens with zero attached hydrogens (tertiary/aromatic N) is 2. The minimum Gasteiger partial charge on any atom is -0.338 e. The quantitative estimate of drug-likeness (QED) is 0.800. The normalized spacial score (nSPS) is 17.6. The highest BCUT2D eigenvalue weighted by Gasteiger charge is 2.26. The summed E-state index contributed by atoms with van der Waals surface area (Å²) in [6, 6.07) is 0.423. The Morgan fingerprint density at radius 1 is 1.28 bits per heavy atom. The SMILES string of the molecule is CC(N)CC(=O)N(CCN(C)C)C1CCCC1.Cl. The van der Waals surface area contributed by atoms with E-state index in [2.05, 4.69) is 9.80 Å². The maximum absolute atomic E-state index is 12.2. The van der Waals surface area contributed by atoms with Crippen LogP contribution in [0, 0.1) is 0 Å². The molecule has 0 spiro atoms. The van der Waals surface area contributed by atoms with E-state index in [4.69, 9.17) is 5.73 Å². The summed E-state index contributed by atoms with van der Waals surface area (Å²) < 4.78 is 0. The maximum Gasteiger partial charge on any atom is 0.224 e. The second-order valence-corrected chi connectivity index (χ2v) is 5.51. The minimum atomic E-state index is -0.0363. The van der Waals surface area contributed by atoms with Gasteiger partial charge in [-0.2, -0.15) is 0 Å². The molecule has 0 aromatic heterocycles. The minimum absolute atomic E-state index is 0. The van der Waals surface area contributed by atoms with Crippen LogP contribution in [0.3, 0.4) is 0 Å². The number of hydrogen-bond donors (Lipinski definition) is 1. The average molecular weight is 278 g/mol. The van der Waals surface area contributed by atoms with Gasteiger partial charge in [-0.05, 0) is 33.9 Å². The van der Waals surface area contributed by atoms with Crippen LogP contribution in [0.4, 0.5) is 0 Å². The number of amides is 1. The lowest BCUT2D eigenvalue weighted by molar-refractivity contribution is -0.133. The van der Waals surface area contributed by atoms with E-state index in [-0.39, 0.29) is 24.4 Å². The van der Waals surface area contributed by atoms with Crippen LogP contribution >= 0.6 is 12.4 Å². The topological polar surface area (TPSA) is 49.6 Å². The summed E-state index contributed by atoms with van der Waals surface area (Å²) in [5, 5.41) is 0. The van der Waals surface area contributed by atoms with E-state index < -0.39 is 0 Å². The van der Waals surface area contributed by atoms with Crippen molar-refractivity contribution in [2.75, 3.05) is 27.2 Å². The van der Waals surface area contributed by atoms with Gasteiger partial charge in [-0.15, -0.1) is 12.4 Å². The third-order valence-electron chi connectivity index (χ3n) is 3.37. The Hall–Kier alpha value is -0.320. The Labute approximate surface area is 117 Å². The summed E-state index contributed by atoms with van der Waals surface area (Å²) in [4.78, 5) is 16.4. The Morgan fingerprint density at radius 3 is 2.28 bits per heavy atom. The first-order valence-electron chi connectivity index (χ1n) is 6.70. The molecule has 1 aliphatic carbocycles. The molecule has 0 bridgehead atoms. The molecule has 5 heteroatoms. The van der Waals surface area contributed by atoms with E-state index in [0.29, 0.717) is 12.5 Å². The number of halogens is 1. The van der Waals surface area contributed by atoms with Crippen LogP contribution < -0.4 is 5.73 Å². The molecule has 0 radical (unpaired) electrons. The zero-order valence-corrected chi connectivity index (χ0v) is 12.7. The van der Waals surface area contributed by atoms with Crippen molar-refractivity contribution < 1.29 is 4.79 Å². The summed E-state index contributed by atoms with van der Waals surface area (Å²) in [6.07, 6.45) is 5.32. The standard InChI is InChI=1S/C13H27N3O.ClH/c1-11(14)10-13(17)16(9-8-15(2)3)12-6-4-5-7-12;/h11-12H,4-10,14H2,1-3H3;1H. The highest BCUT2D eigenvalue weighted by molar-refractivity contribution is 5.85. The third kappa shape index (κ3) is 6.03. The highest BCUT2D eigenvalue weighted by atomic mass is 35.5. The van der Waals surface area contributed by atoms with Crippen molar-refractivity contribution in [3.8, 4) is 0 Å². The molecule has 0 aliphatic heterocycles. The summed E-state index contributed by atoms with van der Waals surface area (Å²) >= 11 is 0. The van der Waals surface area contributed by atoms with Crippen LogP contribution in [0.1, 0.15) is 39.0 Å². The second-order valence-electron chi connectivity index (χ2n) is 5.51. The van der Waals surface area contributed by atoms with Gasteiger partial charge < -0.3 is 15.5 Å². The molecule has 0 aromatic carbocycles. The highest BCUT2D eigenvalue weighted by Crippen LogP contribution is 2.24. The summed E-state index contributed by atoms with van der Waals surface area (Å²) in [7, 11) is 4.09. The smallest absolute Gasteiger partial charge is 0.224 e. The van der Waals surface area contributed by atoms with Crippen molar-refractivity contribution >= 4 is 18.3 Å². The second kappa shape index (κ2) is 8.73. The zero-order chi connectivity index (χ0) is 12.8. The molecule has 4 nitrogen and oxygen atoms in total. The predicted molar refractivity (Wildman–Crippen MR) is 78.0 cm³/mol. The molecular weight excluding hydrogens is 250 g/mol. The van der Waals surface area contributed by atoms with Gasteiger partial charge in [0.25, 0.3) is 0 Å². The van der Waals surface area contributed by atoms with Crippen molar-refractivity contribution in [1.29, 1.82) is 0 Å². The number of hydrogen-bond acceptors (Lipinski definition) is 3. The van der Waals surface area contributed by atoms with Crippen LogP contribution in [-0.2, 0) is 4.79 Å². The molecule has 0 aromatic rings. The third-order valence-corrected chi connectivity index (χ3v) is 3.37. The van der Waals surface area contributed by atoms with Crippen LogP contribution in [0.5, 0.6) is 0 Å². The molecule has 1 unspecified atom stereocenters. The molecule has 0 saturated heterocycles. The fourth-order valence-corrected chi connectivity index (χ4v) is 2.43. The summed E-state index contributed by atoms with van der Waals surface area (Å²) in [5.74, 6) is 0.230. The van der Waals surface area contributed by atoms with Crippen LogP contribution in [0.25, 0.3) is 0 Å². The van der Waals surface area contributed by atoms with Gasteiger partial charge in [-0.1, -0.05) is 12.8 Å². The number of likely N-dealkylation sites (N-methyl/N-ethyl adjacent to an activating group) is 1. The van der Waals surface area contributed by atoms with E-state index in [1.807, 2.05) is 21.0 Å². The lowest BCUT2D eigenvalue weighted by Gasteiger charge is -2.30. The first-order chi connectivity index (χ1) is 8.00. The zero-order valence-electron chi connectivity index (χ0n) is 11.9. The van der Waals surface area contributed by atoms with Crippen molar-refractivity contribution in [1.82, 2.24) is 9.80 Å². The van der Waals surface area contributed by atoms with Crippen LogP contribution in [0.2, 0.25) is 0 Å². The fraction of sp³-hybridized carbons (Fsp3) is 0.923.